The van der Waals surface area contributed by atoms with Gasteiger partial charge in [-0.2, -0.15) is 0 Å². The fourth-order valence-electron chi connectivity index (χ4n) is 2.58. The quantitative estimate of drug-likeness (QED) is 0.337. The number of nitrogens with one attached hydrogen (secondary N) is 3. The Kier molecular flexibility index (Phi) is 5.39. The van der Waals surface area contributed by atoms with Gasteiger partial charge < -0.3 is 15.6 Å². The number of H-pyrrole nitrogens is 1. The van der Waals surface area contributed by atoms with Gasteiger partial charge in [-0.05, 0) is 29.6 Å². The van der Waals surface area contributed by atoms with Crippen molar-refractivity contribution in [3.63, 3.8) is 0 Å². The highest BCUT2D eigenvalue weighted by molar-refractivity contribution is 7.13. The maximum absolute atomic E-state index is 12.6. The number of carbonyl (C=O) groups is 2. The molecule has 0 saturated carbocycles. The summed E-state index contributed by atoms with van der Waals surface area (Å²) in [6.45, 7) is 3.70. The number of carbonyl (C=O) groups excluding carboxylic acids is 2. The van der Waals surface area contributed by atoms with Crippen molar-refractivity contribution in [1.29, 1.82) is 0 Å². The van der Waals surface area contributed by atoms with E-state index in [1.54, 1.807) is 35.8 Å². The molecule has 10 heteroatoms. The van der Waals surface area contributed by atoms with Gasteiger partial charge in [0.15, 0.2) is 5.13 Å². The number of nitrogens with zero attached hydrogens (tertiary/aromatic N) is 4. The molecule has 2 heterocycles. The van der Waals surface area contributed by atoms with Crippen LogP contribution in [0.1, 0.15) is 24.3 Å². The van der Waals surface area contributed by atoms with Gasteiger partial charge in [0, 0.05) is 33.1 Å². The molecule has 138 valence electrons. The van der Waals surface area contributed by atoms with Crippen LogP contribution in [-0.4, -0.2) is 27.8 Å². The molecule has 1 aromatic carbocycles. The van der Waals surface area contributed by atoms with Gasteiger partial charge in [-0.15, -0.1) is 11.3 Å². The Morgan fingerprint density at radius 2 is 2.15 bits per heavy atom. The highest BCUT2D eigenvalue weighted by Gasteiger charge is 2.26. The van der Waals surface area contributed by atoms with Crippen LogP contribution in [0.5, 0.6) is 0 Å². The largest absolute Gasteiger partial charge is 0.351 e. The van der Waals surface area contributed by atoms with E-state index in [9.17, 15) is 9.59 Å². The van der Waals surface area contributed by atoms with Gasteiger partial charge in [-0.3, -0.25) is 9.59 Å². The molecule has 2 aromatic heterocycles. The maximum Gasteiger partial charge on any atom is 0.268 e. The Bertz CT molecular complexity index is 1020. The van der Waals surface area contributed by atoms with Crippen molar-refractivity contribution in [3.05, 3.63) is 52.0 Å². The van der Waals surface area contributed by atoms with Crippen molar-refractivity contribution >= 4 is 44.9 Å². The van der Waals surface area contributed by atoms with Crippen LogP contribution in [0.15, 0.2) is 41.0 Å². The molecule has 3 rings (SSSR count). The summed E-state index contributed by atoms with van der Waals surface area (Å²) in [5.41, 5.74) is 10.0. The molecule has 27 heavy (non-hydrogen) atoms. The predicted octanol–water partition coefficient (Wildman–Crippen LogP) is 3.96. The summed E-state index contributed by atoms with van der Waals surface area (Å²) in [6, 6.07) is 5.99. The van der Waals surface area contributed by atoms with Crippen LogP contribution >= 0.6 is 11.3 Å². The van der Waals surface area contributed by atoms with Crippen molar-refractivity contribution in [3.8, 4) is 0 Å². The number of hydrogen-bond donors (Lipinski definition) is 3. The molecular weight excluding hydrogens is 366 g/mol. The van der Waals surface area contributed by atoms with Crippen LogP contribution in [0.4, 0.5) is 10.8 Å². The van der Waals surface area contributed by atoms with Crippen molar-refractivity contribution in [2.24, 2.45) is 11.0 Å². The van der Waals surface area contributed by atoms with E-state index in [2.05, 4.69) is 30.6 Å². The third kappa shape index (κ3) is 4.25. The summed E-state index contributed by atoms with van der Waals surface area (Å²) in [5.74, 6) is -0.838. The number of aromatic amines is 1. The van der Waals surface area contributed by atoms with Gasteiger partial charge in [0.05, 0.1) is 0 Å². The average Bonchev–Trinajstić information content (AvgIpc) is 3.28. The van der Waals surface area contributed by atoms with Crippen molar-refractivity contribution in [2.45, 2.75) is 19.9 Å². The SMILES string of the molecule is CC(C)C(NC(=O)c1cc2cc(N=[N+]=[N-])ccc2[nH]1)C(=O)Nc1nccs1. The number of benzene rings is 1. The topological polar surface area (TPSA) is 136 Å². The van der Waals surface area contributed by atoms with Gasteiger partial charge >= 0.3 is 0 Å². The minimum Gasteiger partial charge on any atom is -0.351 e. The average molecular weight is 383 g/mol. The first-order valence-corrected chi connectivity index (χ1v) is 9.05. The maximum atomic E-state index is 12.6. The van der Waals surface area contributed by atoms with E-state index in [0.29, 0.717) is 16.5 Å². The van der Waals surface area contributed by atoms with Crippen LogP contribution in [0.2, 0.25) is 0 Å². The van der Waals surface area contributed by atoms with Gasteiger partial charge in [0.1, 0.15) is 11.7 Å². The molecule has 0 aliphatic heterocycles. The minimum absolute atomic E-state index is 0.116. The molecular formula is C17H17N7O2S. The zero-order chi connectivity index (χ0) is 19.4. The molecule has 9 nitrogen and oxygen atoms in total. The van der Waals surface area contributed by atoms with Crippen molar-refractivity contribution < 1.29 is 9.59 Å². The molecule has 2 amide bonds. The van der Waals surface area contributed by atoms with E-state index in [0.717, 1.165) is 10.9 Å². The summed E-state index contributed by atoms with van der Waals surface area (Å²) in [5, 5.41) is 12.0. The molecule has 0 aliphatic carbocycles. The summed E-state index contributed by atoms with van der Waals surface area (Å²) < 4.78 is 0. The van der Waals surface area contributed by atoms with Crippen LogP contribution in [0, 0.1) is 5.92 Å². The van der Waals surface area contributed by atoms with E-state index in [-0.39, 0.29) is 11.8 Å². The Labute approximate surface area is 158 Å². The summed E-state index contributed by atoms with van der Waals surface area (Å²) in [4.78, 5) is 34.9. The lowest BCUT2D eigenvalue weighted by Crippen LogP contribution is -2.47. The highest BCUT2D eigenvalue weighted by atomic mass is 32.1. The number of aromatic nitrogens is 2. The van der Waals surface area contributed by atoms with Gasteiger partial charge in [0.2, 0.25) is 5.91 Å². The van der Waals surface area contributed by atoms with Crippen LogP contribution in [0.3, 0.4) is 0 Å². The monoisotopic (exact) mass is 383 g/mol. The third-order valence-electron chi connectivity index (χ3n) is 3.91. The lowest BCUT2D eigenvalue weighted by molar-refractivity contribution is -0.118. The lowest BCUT2D eigenvalue weighted by Gasteiger charge is -2.20. The molecule has 0 radical (unpaired) electrons. The fraction of sp³-hybridized carbons (Fsp3) is 0.235. The van der Waals surface area contributed by atoms with Gasteiger partial charge in [-0.1, -0.05) is 25.0 Å². The third-order valence-corrected chi connectivity index (χ3v) is 4.60. The Morgan fingerprint density at radius 3 is 2.81 bits per heavy atom. The predicted molar refractivity (Wildman–Crippen MR) is 104 cm³/mol. The second kappa shape index (κ2) is 7.90. The first-order valence-electron chi connectivity index (χ1n) is 8.17. The molecule has 1 unspecified atom stereocenters. The Hall–Kier alpha value is -3.36. The van der Waals surface area contributed by atoms with Crippen LogP contribution < -0.4 is 10.6 Å². The molecule has 0 saturated heterocycles. The number of azide groups is 1. The molecule has 3 aromatic rings. The molecule has 0 bridgehead atoms. The fourth-order valence-corrected chi connectivity index (χ4v) is 3.11. The zero-order valence-electron chi connectivity index (χ0n) is 14.6. The van der Waals surface area contributed by atoms with Gasteiger partial charge in [0.25, 0.3) is 5.91 Å². The van der Waals surface area contributed by atoms with Crippen molar-refractivity contribution in [1.82, 2.24) is 15.3 Å². The zero-order valence-corrected chi connectivity index (χ0v) is 15.4. The second-order valence-corrected chi connectivity index (χ2v) is 7.06. The second-order valence-electron chi connectivity index (χ2n) is 6.17. The molecule has 0 fully saturated rings. The number of amides is 2. The molecule has 0 aliphatic rings. The number of rotatable bonds is 6. The lowest BCUT2D eigenvalue weighted by atomic mass is 10.0. The smallest absolute Gasteiger partial charge is 0.268 e. The number of anilines is 1. The van der Waals surface area contributed by atoms with E-state index < -0.39 is 11.9 Å². The van der Waals surface area contributed by atoms with E-state index >= 15 is 0 Å². The summed E-state index contributed by atoms with van der Waals surface area (Å²) in [7, 11) is 0. The van der Waals surface area contributed by atoms with E-state index in [1.807, 2.05) is 13.8 Å². The van der Waals surface area contributed by atoms with Gasteiger partial charge in [-0.25, -0.2) is 4.98 Å². The number of fused-ring (bicyclic) bond motifs is 1. The molecule has 1 atom stereocenters. The summed E-state index contributed by atoms with van der Waals surface area (Å²) >= 11 is 1.31. The van der Waals surface area contributed by atoms with E-state index in [4.69, 9.17) is 5.53 Å². The number of hydrogen-bond acceptors (Lipinski definition) is 5. The standard InChI is InChI=1S/C17H17N7O2S/c1-9(2)14(16(26)22-17-19-5-6-27-17)21-15(25)13-8-10-7-11(23-24-18)3-4-12(10)20-13/h3-9,14,20H,1-2H3,(H,21,25)(H,19,22,26). The first kappa shape index (κ1) is 18.4. The number of thiazole rings is 1. The minimum atomic E-state index is -0.716. The molecule has 3 N–H and O–H groups in total. The van der Waals surface area contributed by atoms with E-state index in [1.165, 1.54) is 11.3 Å². The first-order chi connectivity index (χ1) is 13.0. The summed E-state index contributed by atoms with van der Waals surface area (Å²) in [6.07, 6.45) is 1.60. The molecule has 0 spiro atoms. The Balaban J connectivity index is 1.78. The van der Waals surface area contributed by atoms with Crippen molar-refractivity contribution in [2.75, 3.05) is 5.32 Å². The normalized spacial score (nSPS) is 11.8. The Morgan fingerprint density at radius 1 is 1.33 bits per heavy atom. The van der Waals surface area contributed by atoms with Crippen LogP contribution in [0.25, 0.3) is 21.3 Å². The van der Waals surface area contributed by atoms with Crippen LogP contribution in [-0.2, 0) is 4.79 Å². The highest BCUT2D eigenvalue weighted by Crippen LogP contribution is 2.22.